The Bertz CT molecular complexity index is 1410. The Balaban J connectivity index is 2.04. The summed E-state index contributed by atoms with van der Waals surface area (Å²) in [5.74, 6) is -3.11. The van der Waals surface area contributed by atoms with E-state index < -0.39 is 39.6 Å². The Kier molecular flexibility index (Phi) is 6.97. The van der Waals surface area contributed by atoms with Crippen molar-refractivity contribution < 1.29 is 22.0 Å². The van der Waals surface area contributed by atoms with E-state index in [2.05, 4.69) is 10.2 Å². The number of aromatic amines is 1. The lowest BCUT2D eigenvalue weighted by Crippen LogP contribution is -2.44. The number of aromatic nitrogens is 2. The van der Waals surface area contributed by atoms with Crippen molar-refractivity contribution in [3.8, 4) is 0 Å². The molecule has 7 nitrogen and oxygen atoms in total. The van der Waals surface area contributed by atoms with E-state index in [1.807, 2.05) is 0 Å². The van der Waals surface area contributed by atoms with Gasteiger partial charge in [0.25, 0.3) is 0 Å². The number of halogens is 3. The molecule has 0 aliphatic carbocycles. The van der Waals surface area contributed by atoms with Crippen LogP contribution in [0.3, 0.4) is 0 Å². The van der Waals surface area contributed by atoms with Gasteiger partial charge in [0.1, 0.15) is 17.7 Å². The number of carbonyl (C=O) groups is 1. The van der Waals surface area contributed by atoms with Crippen LogP contribution in [0.4, 0.5) is 8.78 Å². The highest BCUT2D eigenvalue weighted by molar-refractivity contribution is 7.89. The summed E-state index contributed by atoms with van der Waals surface area (Å²) in [6.45, 7) is 0. The number of carbonyl (C=O) groups excluding carboxylic acids is 1. The fraction of sp³-hybridized carbons (Fsp3) is 0.0833. The Labute approximate surface area is 205 Å². The number of nitrogens with zero attached hydrogens (tertiary/aromatic N) is 2. The van der Waals surface area contributed by atoms with Gasteiger partial charge < -0.3 is 5.73 Å². The standard InChI is InChI=1S/C24H19ClF2N4O3S/c25-18-6-8-21(9-7-18)35(33,34)31(23(24(28)32)16-10-19(26)12-20(27)11-16)22(17-13-29-30-14-17)15-4-2-1-3-5-15/h1-14,22-23H,(H2,28,32)(H,29,30). The van der Waals surface area contributed by atoms with E-state index >= 15 is 0 Å². The van der Waals surface area contributed by atoms with E-state index in [1.54, 1.807) is 30.3 Å². The number of hydrogen-bond donors (Lipinski definition) is 2. The Hall–Kier alpha value is -3.60. The molecule has 3 aromatic carbocycles. The van der Waals surface area contributed by atoms with Gasteiger partial charge in [-0.25, -0.2) is 17.2 Å². The lowest BCUT2D eigenvalue weighted by atomic mass is 9.98. The third-order valence-electron chi connectivity index (χ3n) is 5.32. The van der Waals surface area contributed by atoms with Gasteiger partial charge in [-0.1, -0.05) is 41.9 Å². The van der Waals surface area contributed by atoms with Gasteiger partial charge >= 0.3 is 0 Å². The van der Waals surface area contributed by atoms with Crippen LogP contribution in [0.1, 0.15) is 28.8 Å². The van der Waals surface area contributed by atoms with E-state index in [1.165, 1.54) is 36.7 Å². The Morgan fingerprint density at radius 2 is 1.57 bits per heavy atom. The predicted molar refractivity (Wildman–Crippen MR) is 126 cm³/mol. The summed E-state index contributed by atoms with van der Waals surface area (Å²) < 4.78 is 57.4. The fourth-order valence-corrected chi connectivity index (χ4v) is 5.73. The molecule has 3 N–H and O–H groups in total. The number of primary amides is 1. The highest BCUT2D eigenvalue weighted by atomic mass is 35.5. The quantitative estimate of drug-likeness (QED) is 0.363. The smallest absolute Gasteiger partial charge is 0.244 e. The second kappa shape index (κ2) is 9.95. The number of H-pyrrole nitrogens is 1. The van der Waals surface area contributed by atoms with Crippen LogP contribution in [-0.2, 0) is 14.8 Å². The zero-order valence-corrected chi connectivity index (χ0v) is 19.5. The van der Waals surface area contributed by atoms with Gasteiger partial charge in [0.05, 0.1) is 17.1 Å². The first-order chi connectivity index (χ1) is 16.7. The number of rotatable bonds is 8. The molecule has 2 atom stereocenters. The van der Waals surface area contributed by atoms with Crippen molar-refractivity contribution >= 4 is 27.5 Å². The first-order valence-corrected chi connectivity index (χ1v) is 12.1. The van der Waals surface area contributed by atoms with Crippen LogP contribution in [0, 0.1) is 11.6 Å². The molecule has 180 valence electrons. The first kappa shape index (κ1) is 24.5. The molecule has 0 bridgehead atoms. The minimum absolute atomic E-state index is 0.200. The molecule has 4 aromatic rings. The molecule has 1 heterocycles. The molecule has 4 rings (SSSR count). The predicted octanol–water partition coefficient (Wildman–Crippen LogP) is 4.35. The number of sulfonamides is 1. The van der Waals surface area contributed by atoms with Crippen molar-refractivity contribution in [1.29, 1.82) is 0 Å². The second-order valence-electron chi connectivity index (χ2n) is 7.64. The summed E-state index contributed by atoms with van der Waals surface area (Å²) in [7, 11) is -4.52. The van der Waals surface area contributed by atoms with Crippen LogP contribution in [0.5, 0.6) is 0 Å². The normalized spacial score (nSPS) is 13.5. The number of nitrogens with two attached hydrogens (primary N) is 1. The molecule has 0 radical (unpaired) electrons. The second-order valence-corrected chi connectivity index (χ2v) is 9.92. The van der Waals surface area contributed by atoms with Gasteiger partial charge in [-0.3, -0.25) is 9.89 Å². The van der Waals surface area contributed by atoms with Crippen molar-refractivity contribution in [2.45, 2.75) is 17.0 Å². The average Bonchev–Trinajstić information content (AvgIpc) is 3.33. The molecule has 0 saturated carbocycles. The lowest BCUT2D eigenvalue weighted by Gasteiger charge is -2.36. The number of hydrogen-bond acceptors (Lipinski definition) is 4. The van der Waals surface area contributed by atoms with Gasteiger partial charge in [-0.05, 0) is 47.5 Å². The summed E-state index contributed by atoms with van der Waals surface area (Å²) in [4.78, 5) is 12.6. The molecule has 0 spiro atoms. The van der Waals surface area contributed by atoms with E-state index in [-0.39, 0.29) is 10.5 Å². The summed E-state index contributed by atoms with van der Waals surface area (Å²) in [6.07, 6.45) is 2.86. The van der Waals surface area contributed by atoms with E-state index in [0.29, 0.717) is 22.2 Å². The van der Waals surface area contributed by atoms with Crippen LogP contribution in [0.15, 0.2) is 90.1 Å². The number of nitrogens with one attached hydrogen (secondary N) is 1. The molecule has 0 aliphatic heterocycles. The van der Waals surface area contributed by atoms with Crippen molar-refractivity contribution in [2.75, 3.05) is 0 Å². The zero-order chi connectivity index (χ0) is 25.2. The van der Waals surface area contributed by atoms with Crippen molar-refractivity contribution in [3.63, 3.8) is 0 Å². The van der Waals surface area contributed by atoms with Gasteiger partial charge in [0.2, 0.25) is 15.9 Å². The maximum atomic E-state index is 14.2. The maximum absolute atomic E-state index is 14.2. The molecule has 11 heteroatoms. The van der Waals surface area contributed by atoms with Crippen molar-refractivity contribution in [2.24, 2.45) is 5.73 Å². The minimum atomic E-state index is -4.52. The molecule has 0 saturated heterocycles. The highest BCUT2D eigenvalue weighted by Crippen LogP contribution is 2.40. The van der Waals surface area contributed by atoms with Crippen LogP contribution < -0.4 is 5.73 Å². The van der Waals surface area contributed by atoms with Gasteiger partial charge in [0, 0.05) is 22.8 Å². The summed E-state index contributed by atoms with van der Waals surface area (Å²) >= 11 is 5.95. The monoisotopic (exact) mass is 516 g/mol. The van der Waals surface area contributed by atoms with Crippen LogP contribution in [-0.4, -0.2) is 28.8 Å². The van der Waals surface area contributed by atoms with Crippen molar-refractivity contribution in [1.82, 2.24) is 14.5 Å². The first-order valence-electron chi connectivity index (χ1n) is 10.3. The molecule has 35 heavy (non-hydrogen) atoms. The molecular weight excluding hydrogens is 498 g/mol. The maximum Gasteiger partial charge on any atom is 0.244 e. The lowest BCUT2D eigenvalue weighted by molar-refractivity contribution is -0.122. The highest BCUT2D eigenvalue weighted by Gasteiger charge is 2.43. The van der Waals surface area contributed by atoms with Gasteiger partial charge in [-0.2, -0.15) is 9.40 Å². The van der Waals surface area contributed by atoms with Crippen LogP contribution in [0.2, 0.25) is 5.02 Å². The van der Waals surface area contributed by atoms with Crippen LogP contribution >= 0.6 is 11.6 Å². The van der Waals surface area contributed by atoms with Gasteiger partial charge in [-0.15, -0.1) is 0 Å². The largest absolute Gasteiger partial charge is 0.368 e. The minimum Gasteiger partial charge on any atom is -0.368 e. The molecule has 0 fully saturated rings. The zero-order valence-electron chi connectivity index (χ0n) is 18.0. The fourth-order valence-electron chi connectivity index (χ4n) is 3.86. The number of benzene rings is 3. The van der Waals surface area contributed by atoms with Gasteiger partial charge in [0.15, 0.2) is 0 Å². The van der Waals surface area contributed by atoms with E-state index in [4.69, 9.17) is 17.3 Å². The Morgan fingerprint density at radius 3 is 2.11 bits per heavy atom. The van der Waals surface area contributed by atoms with Crippen molar-refractivity contribution in [3.05, 3.63) is 119 Å². The number of amides is 1. The average molecular weight is 517 g/mol. The third-order valence-corrected chi connectivity index (χ3v) is 7.42. The Morgan fingerprint density at radius 1 is 0.943 bits per heavy atom. The summed E-state index contributed by atoms with van der Waals surface area (Å²) in [5, 5.41) is 6.85. The SMILES string of the molecule is NC(=O)C(c1cc(F)cc(F)c1)N(C(c1ccccc1)c1cn[nH]c1)S(=O)(=O)c1ccc(Cl)cc1. The molecule has 1 aromatic heterocycles. The molecule has 1 amide bonds. The van der Waals surface area contributed by atoms with E-state index in [0.717, 1.165) is 16.4 Å². The molecule has 2 unspecified atom stereocenters. The van der Waals surface area contributed by atoms with Crippen LogP contribution in [0.25, 0.3) is 0 Å². The molecule has 0 aliphatic rings. The summed E-state index contributed by atoms with van der Waals surface area (Å²) in [6, 6.07) is 13.2. The molecular formula is C24H19ClF2N4O3S. The third kappa shape index (κ3) is 5.09. The van der Waals surface area contributed by atoms with E-state index in [9.17, 15) is 22.0 Å². The summed E-state index contributed by atoms with van der Waals surface area (Å²) in [5.41, 5.74) is 6.28. The topological polar surface area (TPSA) is 109 Å².